The second-order valence-corrected chi connectivity index (χ2v) is 6.87. The molecular formula is C19H24N4O2. The van der Waals surface area contributed by atoms with Gasteiger partial charge in [0.25, 0.3) is 0 Å². The summed E-state index contributed by atoms with van der Waals surface area (Å²) in [6, 6.07) is 9.36. The summed E-state index contributed by atoms with van der Waals surface area (Å²) in [7, 11) is 0. The first-order chi connectivity index (χ1) is 12.2. The number of likely N-dealkylation sites (tertiary alicyclic amines) is 1. The van der Waals surface area contributed by atoms with Gasteiger partial charge in [0.05, 0.1) is 6.07 Å². The third kappa shape index (κ3) is 4.50. The molecule has 6 nitrogen and oxygen atoms in total. The number of nitrogens with one attached hydrogen (secondary N) is 2. The van der Waals surface area contributed by atoms with E-state index in [1.807, 2.05) is 18.2 Å². The number of nitriles is 1. The highest BCUT2D eigenvalue weighted by atomic mass is 16.2. The van der Waals surface area contributed by atoms with Crippen molar-refractivity contribution in [1.82, 2.24) is 4.90 Å². The lowest BCUT2D eigenvalue weighted by atomic mass is 9.99. The van der Waals surface area contributed by atoms with Gasteiger partial charge in [0.2, 0.25) is 5.91 Å². The summed E-state index contributed by atoms with van der Waals surface area (Å²) in [6.45, 7) is 1.20. The van der Waals surface area contributed by atoms with Crippen LogP contribution in [-0.2, 0) is 4.79 Å². The van der Waals surface area contributed by atoms with Gasteiger partial charge in [-0.1, -0.05) is 18.9 Å². The van der Waals surface area contributed by atoms with E-state index in [2.05, 4.69) is 16.7 Å². The molecule has 1 aliphatic heterocycles. The number of urea groups is 1. The average molecular weight is 340 g/mol. The van der Waals surface area contributed by atoms with Crippen LogP contribution in [0.5, 0.6) is 0 Å². The summed E-state index contributed by atoms with van der Waals surface area (Å²) in [4.78, 5) is 26.3. The highest BCUT2D eigenvalue weighted by Crippen LogP contribution is 2.26. The Bertz CT molecular complexity index is 668. The number of anilines is 2. The molecule has 3 rings (SSSR count). The minimum atomic E-state index is -0.157. The number of carbonyl (C=O) groups excluding carboxylic acids is 2. The van der Waals surface area contributed by atoms with Crippen LogP contribution in [0.15, 0.2) is 24.3 Å². The van der Waals surface area contributed by atoms with Crippen LogP contribution in [0.3, 0.4) is 0 Å². The number of benzene rings is 1. The van der Waals surface area contributed by atoms with Gasteiger partial charge >= 0.3 is 6.03 Å². The fraction of sp³-hybridized carbons (Fsp3) is 0.526. The van der Waals surface area contributed by atoms with E-state index >= 15 is 0 Å². The lowest BCUT2D eigenvalue weighted by molar-refractivity contribution is -0.119. The second-order valence-electron chi connectivity index (χ2n) is 6.87. The summed E-state index contributed by atoms with van der Waals surface area (Å²) in [5.41, 5.74) is 1.37. The highest BCUT2D eigenvalue weighted by Gasteiger charge is 2.24. The Balaban J connectivity index is 1.55. The molecule has 2 N–H and O–H groups in total. The smallest absolute Gasteiger partial charge is 0.321 e. The molecule has 132 valence electrons. The van der Waals surface area contributed by atoms with Crippen molar-refractivity contribution in [2.75, 3.05) is 23.7 Å². The van der Waals surface area contributed by atoms with Crippen LogP contribution in [0, 0.1) is 23.2 Å². The molecule has 3 amide bonds. The van der Waals surface area contributed by atoms with Gasteiger partial charge < -0.3 is 15.5 Å². The number of carbonyl (C=O) groups is 2. The van der Waals surface area contributed by atoms with E-state index in [4.69, 9.17) is 5.26 Å². The maximum atomic E-state index is 12.3. The van der Waals surface area contributed by atoms with Crippen molar-refractivity contribution >= 4 is 23.3 Å². The molecule has 6 heteroatoms. The van der Waals surface area contributed by atoms with Gasteiger partial charge in [-0.05, 0) is 43.9 Å². The molecule has 1 aromatic carbocycles. The molecule has 1 aliphatic carbocycles. The Kier molecular flexibility index (Phi) is 5.54. The van der Waals surface area contributed by atoms with Crippen LogP contribution in [0.4, 0.5) is 16.2 Å². The highest BCUT2D eigenvalue weighted by molar-refractivity contribution is 5.94. The van der Waals surface area contributed by atoms with Gasteiger partial charge in [-0.2, -0.15) is 5.26 Å². The first-order valence-electron chi connectivity index (χ1n) is 9.02. The number of amides is 3. The van der Waals surface area contributed by atoms with Crippen LogP contribution in [0.2, 0.25) is 0 Å². The third-order valence-electron chi connectivity index (χ3n) is 5.07. The van der Waals surface area contributed by atoms with Crippen LogP contribution in [0.1, 0.15) is 38.5 Å². The minimum absolute atomic E-state index is 0.0539. The third-order valence-corrected chi connectivity index (χ3v) is 5.07. The Morgan fingerprint density at radius 3 is 2.32 bits per heavy atom. The molecule has 2 aliphatic rings. The van der Waals surface area contributed by atoms with Crippen molar-refractivity contribution in [3.63, 3.8) is 0 Å². The van der Waals surface area contributed by atoms with E-state index in [1.54, 1.807) is 11.0 Å². The maximum absolute atomic E-state index is 12.3. The largest absolute Gasteiger partial charge is 0.326 e. The van der Waals surface area contributed by atoms with Gasteiger partial charge in [0.15, 0.2) is 0 Å². The molecule has 1 saturated carbocycles. The summed E-state index contributed by atoms with van der Waals surface area (Å²) in [5.74, 6) is 0.234. The Morgan fingerprint density at radius 2 is 1.68 bits per heavy atom. The lowest BCUT2D eigenvalue weighted by Gasteiger charge is -2.29. The standard InChI is InChI=1S/C19H24N4O2/c20-13-14-8-10-23(11-9-14)19(25)22-17-7-3-6-16(12-17)21-18(24)15-4-1-2-5-15/h3,6-7,12,14-15H,1-2,4-5,8-11H2,(H,21,24)(H,22,25). The van der Waals surface area contributed by atoms with Crippen LogP contribution in [0.25, 0.3) is 0 Å². The predicted molar refractivity (Wildman–Crippen MR) is 96.0 cm³/mol. The molecule has 0 bridgehead atoms. The minimum Gasteiger partial charge on any atom is -0.326 e. The van der Waals surface area contributed by atoms with E-state index in [0.29, 0.717) is 24.5 Å². The van der Waals surface area contributed by atoms with Crippen molar-refractivity contribution in [1.29, 1.82) is 5.26 Å². The zero-order valence-corrected chi connectivity index (χ0v) is 14.3. The van der Waals surface area contributed by atoms with Crippen molar-refractivity contribution in [2.24, 2.45) is 11.8 Å². The molecule has 1 saturated heterocycles. The van der Waals surface area contributed by atoms with E-state index in [9.17, 15) is 9.59 Å². The first-order valence-corrected chi connectivity index (χ1v) is 9.02. The average Bonchev–Trinajstić information content (AvgIpc) is 3.17. The summed E-state index contributed by atoms with van der Waals surface area (Å²) in [5, 5.41) is 14.8. The maximum Gasteiger partial charge on any atom is 0.321 e. The van der Waals surface area contributed by atoms with Crippen molar-refractivity contribution in [3.8, 4) is 6.07 Å². The molecule has 1 aromatic rings. The molecule has 25 heavy (non-hydrogen) atoms. The molecule has 0 unspecified atom stereocenters. The van der Waals surface area contributed by atoms with E-state index in [-0.39, 0.29) is 23.8 Å². The predicted octanol–water partition coefficient (Wildman–Crippen LogP) is 3.58. The number of hydrogen-bond donors (Lipinski definition) is 2. The van der Waals surface area contributed by atoms with Crippen LogP contribution >= 0.6 is 0 Å². The molecule has 0 aromatic heterocycles. The monoisotopic (exact) mass is 340 g/mol. The lowest BCUT2D eigenvalue weighted by Crippen LogP contribution is -2.40. The second kappa shape index (κ2) is 8.02. The Hall–Kier alpha value is -2.55. The summed E-state index contributed by atoms with van der Waals surface area (Å²) in [6.07, 6.45) is 5.61. The van der Waals surface area contributed by atoms with Gasteiger partial charge in [0.1, 0.15) is 0 Å². The number of piperidine rings is 1. The molecule has 0 spiro atoms. The topological polar surface area (TPSA) is 85.2 Å². The van der Waals surface area contributed by atoms with Crippen molar-refractivity contribution < 1.29 is 9.59 Å². The van der Waals surface area contributed by atoms with Gasteiger partial charge in [0, 0.05) is 36.3 Å². The molecule has 1 heterocycles. The normalized spacial score (nSPS) is 18.6. The van der Waals surface area contributed by atoms with Gasteiger partial charge in [-0.25, -0.2) is 4.79 Å². The SMILES string of the molecule is N#CC1CCN(C(=O)Nc2cccc(NC(=O)C3CCCC3)c2)CC1. The quantitative estimate of drug-likeness (QED) is 0.882. The van der Waals surface area contributed by atoms with Gasteiger partial charge in [-0.15, -0.1) is 0 Å². The van der Waals surface area contributed by atoms with Crippen molar-refractivity contribution in [2.45, 2.75) is 38.5 Å². The molecule has 0 atom stereocenters. The van der Waals surface area contributed by atoms with Crippen molar-refractivity contribution in [3.05, 3.63) is 24.3 Å². The molecular weight excluding hydrogens is 316 g/mol. The zero-order chi connectivity index (χ0) is 17.6. The molecule has 0 radical (unpaired) electrons. The fourth-order valence-corrected chi connectivity index (χ4v) is 3.52. The van der Waals surface area contributed by atoms with E-state index in [1.165, 1.54) is 0 Å². The van der Waals surface area contributed by atoms with Gasteiger partial charge in [-0.3, -0.25) is 4.79 Å². The Labute approximate surface area is 148 Å². The molecule has 2 fully saturated rings. The fourth-order valence-electron chi connectivity index (χ4n) is 3.52. The van der Waals surface area contributed by atoms with E-state index in [0.717, 1.165) is 38.5 Å². The Morgan fingerprint density at radius 1 is 1.04 bits per heavy atom. The van der Waals surface area contributed by atoms with Crippen LogP contribution in [-0.4, -0.2) is 29.9 Å². The number of hydrogen-bond acceptors (Lipinski definition) is 3. The van der Waals surface area contributed by atoms with Crippen LogP contribution < -0.4 is 10.6 Å². The summed E-state index contributed by atoms with van der Waals surface area (Å²) >= 11 is 0. The first kappa shape index (κ1) is 17.3. The van der Waals surface area contributed by atoms with E-state index < -0.39 is 0 Å². The summed E-state index contributed by atoms with van der Waals surface area (Å²) < 4.78 is 0. The number of rotatable bonds is 3. The number of nitrogens with zero attached hydrogens (tertiary/aromatic N) is 2. The zero-order valence-electron chi connectivity index (χ0n) is 14.3.